The Hall–Kier alpha value is -2.75. The lowest BCUT2D eigenvalue weighted by Gasteiger charge is -2.27. The summed E-state index contributed by atoms with van der Waals surface area (Å²) in [7, 11) is 2.12. The minimum atomic E-state index is -0.0621. The fourth-order valence-electron chi connectivity index (χ4n) is 4.68. The lowest BCUT2D eigenvalue weighted by Crippen LogP contribution is -2.36. The van der Waals surface area contributed by atoms with Gasteiger partial charge < -0.3 is 14.8 Å². The first-order chi connectivity index (χ1) is 14.1. The molecule has 4 heterocycles. The molecule has 152 valence electrons. The van der Waals surface area contributed by atoms with E-state index in [9.17, 15) is 4.79 Å². The fourth-order valence-corrected chi connectivity index (χ4v) is 5.32. The van der Waals surface area contributed by atoms with Crippen molar-refractivity contribution in [1.29, 1.82) is 0 Å². The molecule has 5 rings (SSSR count). The Labute approximate surface area is 172 Å². The van der Waals surface area contributed by atoms with Crippen LogP contribution in [0.2, 0.25) is 0 Å². The monoisotopic (exact) mass is 412 g/mol. The Morgan fingerprint density at radius 1 is 1.34 bits per heavy atom. The van der Waals surface area contributed by atoms with Gasteiger partial charge in [0.2, 0.25) is 5.13 Å². The van der Waals surface area contributed by atoms with Gasteiger partial charge in [0.15, 0.2) is 0 Å². The van der Waals surface area contributed by atoms with Gasteiger partial charge in [-0.1, -0.05) is 6.92 Å². The lowest BCUT2D eigenvalue weighted by molar-refractivity contribution is 0.218. The number of rotatable bonds is 4. The first-order valence-electron chi connectivity index (χ1n) is 10.0. The molecule has 3 atom stereocenters. The van der Waals surface area contributed by atoms with Crippen LogP contribution in [0.15, 0.2) is 18.6 Å². The van der Waals surface area contributed by atoms with E-state index in [2.05, 4.69) is 41.6 Å². The summed E-state index contributed by atoms with van der Waals surface area (Å²) in [4.78, 5) is 33.1. The fraction of sp³-hybridized carbons (Fsp3) is 0.526. The minimum Gasteiger partial charge on any atom is -0.356 e. The highest BCUT2D eigenvalue weighted by Crippen LogP contribution is 2.41. The predicted octanol–water partition coefficient (Wildman–Crippen LogP) is 2.75. The molecule has 2 unspecified atom stereocenters. The average Bonchev–Trinajstić information content (AvgIpc) is 3.48. The van der Waals surface area contributed by atoms with Crippen molar-refractivity contribution in [2.75, 3.05) is 30.4 Å². The molecule has 0 bridgehead atoms. The van der Waals surface area contributed by atoms with Gasteiger partial charge in [0.25, 0.3) is 0 Å². The maximum Gasteiger partial charge on any atom is 0.323 e. The maximum atomic E-state index is 12.6. The zero-order chi connectivity index (χ0) is 20.0. The molecule has 1 saturated carbocycles. The number of carbonyl (C=O) groups is 1. The molecule has 1 aliphatic heterocycles. The van der Waals surface area contributed by atoms with Crippen LogP contribution in [0.5, 0.6) is 0 Å². The van der Waals surface area contributed by atoms with Crippen molar-refractivity contribution in [3.63, 3.8) is 0 Å². The molecule has 2 N–H and O–H groups in total. The number of amides is 2. The van der Waals surface area contributed by atoms with Crippen LogP contribution in [0.25, 0.3) is 11.0 Å². The molecular weight excluding hydrogens is 388 g/mol. The van der Waals surface area contributed by atoms with Crippen molar-refractivity contribution in [3.05, 3.63) is 24.4 Å². The van der Waals surface area contributed by atoms with Gasteiger partial charge >= 0.3 is 6.03 Å². The molecule has 29 heavy (non-hydrogen) atoms. The summed E-state index contributed by atoms with van der Waals surface area (Å²) >= 11 is 1.25. The van der Waals surface area contributed by atoms with Gasteiger partial charge in [0.1, 0.15) is 23.6 Å². The average molecular weight is 413 g/mol. The third kappa shape index (κ3) is 3.31. The van der Waals surface area contributed by atoms with Crippen LogP contribution >= 0.6 is 11.5 Å². The van der Waals surface area contributed by atoms with E-state index in [-0.39, 0.29) is 6.03 Å². The summed E-state index contributed by atoms with van der Waals surface area (Å²) < 4.78 is 4.23. The standard InChI is InChI=1S/C19H24N8OS/c1-3-15-23-18(29-25-15)24-19(28)27-8-11-6-13(7-12(11)9-27)26(2)17-14-4-5-20-16(14)21-10-22-17/h4-5,10-13H,3,6-9H2,1-2H3,(H,20,21,22)(H,23,24,25,28)/t11-,12?,13?/m0/s1. The maximum absolute atomic E-state index is 12.6. The number of aryl methyl sites for hydroxylation is 1. The summed E-state index contributed by atoms with van der Waals surface area (Å²) in [5.74, 6) is 2.80. The number of nitrogens with one attached hydrogen (secondary N) is 2. The van der Waals surface area contributed by atoms with Crippen molar-refractivity contribution >= 4 is 39.5 Å². The highest BCUT2D eigenvalue weighted by Gasteiger charge is 2.44. The highest BCUT2D eigenvalue weighted by atomic mass is 32.1. The van der Waals surface area contributed by atoms with Crippen LogP contribution < -0.4 is 10.2 Å². The van der Waals surface area contributed by atoms with Gasteiger partial charge in [-0.2, -0.15) is 4.37 Å². The second-order valence-corrected chi connectivity index (χ2v) is 8.65. The van der Waals surface area contributed by atoms with Crippen molar-refractivity contribution in [2.45, 2.75) is 32.2 Å². The van der Waals surface area contributed by atoms with E-state index in [4.69, 9.17) is 0 Å². The molecular formula is C19H24N8OS. The van der Waals surface area contributed by atoms with Gasteiger partial charge in [0.05, 0.1) is 5.39 Å². The summed E-state index contributed by atoms with van der Waals surface area (Å²) in [5, 5.41) is 4.54. The van der Waals surface area contributed by atoms with E-state index >= 15 is 0 Å². The van der Waals surface area contributed by atoms with Crippen molar-refractivity contribution in [3.8, 4) is 0 Å². The van der Waals surface area contributed by atoms with Crippen molar-refractivity contribution in [1.82, 2.24) is 29.2 Å². The number of H-pyrrole nitrogens is 1. The number of aromatic nitrogens is 5. The smallest absolute Gasteiger partial charge is 0.323 e. The van der Waals surface area contributed by atoms with Gasteiger partial charge in [-0.05, 0) is 30.7 Å². The van der Waals surface area contributed by atoms with Crippen molar-refractivity contribution < 1.29 is 4.79 Å². The molecule has 3 aromatic heterocycles. The van der Waals surface area contributed by atoms with Gasteiger partial charge in [0, 0.05) is 50.3 Å². The summed E-state index contributed by atoms with van der Waals surface area (Å²) in [6.07, 6.45) is 6.43. The summed E-state index contributed by atoms with van der Waals surface area (Å²) in [6, 6.07) is 2.40. The third-order valence-electron chi connectivity index (χ3n) is 6.23. The number of carbonyl (C=O) groups excluding carboxylic acids is 1. The molecule has 2 aliphatic rings. The first kappa shape index (κ1) is 18.3. The van der Waals surface area contributed by atoms with E-state index in [1.807, 2.05) is 24.1 Å². The predicted molar refractivity (Wildman–Crippen MR) is 112 cm³/mol. The number of likely N-dealkylation sites (tertiary alicyclic amines) is 1. The third-order valence-corrected chi connectivity index (χ3v) is 6.89. The Kier molecular flexibility index (Phi) is 4.57. The molecule has 0 spiro atoms. The molecule has 2 fully saturated rings. The second kappa shape index (κ2) is 7.25. The molecule has 0 aromatic carbocycles. The Balaban J connectivity index is 1.21. The number of urea groups is 1. The topological polar surface area (TPSA) is 103 Å². The molecule has 0 radical (unpaired) electrons. The quantitative estimate of drug-likeness (QED) is 0.683. The zero-order valence-electron chi connectivity index (χ0n) is 16.5. The van der Waals surface area contributed by atoms with Crippen molar-refractivity contribution in [2.24, 2.45) is 11.8 Å². The number of anilines is 2. The van der Waals surface area contributed by atoms with Crippen LogP contribution in [0.1, 0.15) is 25.6 Å². The van der Waals surface area contributed by atoms with E-state index in [1.165, 1.54) is 11.5 Å². The van der Waals surface area contributed by atoms with Crippen LogP contribution in [-0.2, 0) is 6.42 Å². The molecule has 1 aliphatic carbocycles. The molecule has 2 amide bonds. The molecule has 10 heteroatoms. The van der Waals surface area contributed by atoms with E-state index in [0.29, 0.717) is 23.0 Å². The number of nitrogens with zero attached hydrogens (tertiary/aromatic N) is 6. The van der Waals surface area contributed by atoms with Gasteiger partial charge in [-0.25, -0.2) is 19.7 Å². The highest BCUT2D eigenvalue weighted by molar-refractivity contribution is 7.09. The Morgan fingerprint density at radius 3 is 2.86 bits per heavy atom. The number of aromatic amines is 1. The Morgan fingerprint density at radius 2 is 2.14 bits per heavy atom. The van der Waals surface area contributed by atoms with E-state index in [0.717, 1.165) is 55.0 Å². The van der Waals surface area contributed by atoms with Crippen LogP contribution in [-0.4, -0.2) is 61.4 Å². The number of hydrogen-bond donors (Lipinski definition) is 2. The minimum absolute atomic E-state index is 0.0621. The number of hydrogen-bond acceptors (Lipinski definition) is 7. The van der Waals surface area contributed by atoms with Crippen LogP contribution in [0.3, 0.4) is 0 Å². The lowest BCUT2D eigenvalue weighted by atomic mass is 10.0. The van der Waals surface area contributed by atoms with E-state index in [1.54, 1.807) is 6.33 Å². The molecule has 1 saturated heterocycles. The van der Waals surface area contributed by atoms with E-state index < -0.39 is 0 Å². The summed E-state index contributed by atoms with van der Waals surface area (Å²) in [5.41, 5.74) is 0.866. The van der Waals surface area contributed by atoms with Gasteiger partial charge in [-0.15, -0.1) is 0 Å². The normalized spacial score (nSPS) is 23.5. The van der Waals surface area contributed by atoms with Crippen LogP contribution in [0, 0.1) is 11.8 Å². The SMILES string of the molecule is CCc1nsc(NC(=O)N2CC3CC(N(C)c4ncnc5[nH]ccc45)C[C@H]3C2)n1. The second-order valence-electron chi connectivity index (χ2n) is 7.90. The first-order valence-corrected chi connectivity index (χ1v) is 10.8. The Bertz CT molecular complexity index is 1020. The largest absolute Gasteiger partial charge is 0.356 e. The summed E-state index contributed by atoms with van der Waals surface area (Å²) in [6.45, 7) is 3.60. The molecule has 9 nitrogen and oxygen atoms in total. The number of fused-ring (bicyclic) bond motifs is 2. The van der Waals surface area contributed by atoms with Gasteiger partial charge in [-0.3, -0.25) is 5.32 Å². The van der Waals surface area contributed by atoms with Crippen LogP contribution in [0.4, 0.5) is 15.7 Å². The zero-order valence-corrected chi connectivity index (χ0v) is 17.3. The molecule has 3 aromatic rings.